The smallest absolute Gasteiger partial charge is 0.237 e. The van der Waals surface area contributed by atoms with Gasteiger partial charge in [0.2, 0.25) is 5.91 Å². The molecule has 3 N–H and O–H groups in total. The lowest BCUT2D eigenvalue weighted by atomic mass is 10.1. The molecule has 0 radical (unpaired) electrons. The number of amides is 1. The van der Waals surface area contributed by atoms with E-state index < -0.39 is 6.04 Å². The van der Waals surface area contributed by atoms with E-state index >= 15 is 0 Å². The van der Waals surface area contributed by atoms with Crippen molar-refractivity contribution in [2.24, 2.45) is 5.73 Å². The Morgan fingerprint density at radius 1 is 1.59 bits per heavy atom. The van der Waals surface area contributed by atoms with Crippen LogP contribution in [-0.2, 0) is 4.79 Å². The number of hydrogen-bond donors (Lipinski definition) is 2. The standard InChI is InChI=1S/C12H24N4O/c1-4-5-11(13)12(17)14-8-10-9-15(2)6-7-16(10)3/h4,10-11H,1,5-9,13H2,2-3H3,(H,14,17). The number of nitrogens with one attached hydrogen (secondary N) is 1. The Hall–Kier alpha value is -0.910. The van der Waals surface area contributed by atoms with Crippen molar-refractivity contribution in [1.82, 2.24) is 15.1 Å². The van der Waals surface area contributed by atoms with Crippen LogP contribution < -0.4 is 11.1 Å². The van der Waals surface area contributed by atoms with Crippen LogP contribution in [0.2, 0.25) is 0 Å². The Labute approximate surface area is 104 Å². The molecule has 1 rings (SSSR count). The van der Waals surface area contributed by atoms with E-state index in [0.29, 0.717) is 19.0 Å². The van der Waals surface area contributed by atoms with Crippen LogP contribution in [0.3, 0.4) is 0 Å². The molecule has 5 nitrogen and oxygen atoms in total. The average molecular weight is 240 g/mol. The van der Waals surface area contributed by atoms with Gasteiger partial charge in [0.05, 0.1) is 6.04 Å². The van der Waals surface area contributed by atoms with Gasteiger partial charge >= 0.3 is 0 Å². The highest BCUT2D eigenvalue weighted by Gasteiger charge is 2.23. The highest BCUT2D eigenvalue weighted by Crippen LogP contribution is 2.04. The molecule has 17 heavy (non-hydrogen) atoms. The molecule has 2 unspecified atom stereocenters. The van der Waals surface area contributed by atoms with E-state index in [-0.39, 0.29) is 5.91 Å². The first-order valence-corrected chi connectivity index (χ1v) is 6.07. The van der Waals surface area contributed by atoms with Gasteiger partial charge in [-0.1, -0.05) is 6.08 Å². The van der Waals surface area contributed by atoms with Crippen molar-refractivity contribution in [2.45, 2.75) is 18.5 Å². The van der Waals surface area contributed by atoms with Gasteiger partial charge in [-0.3, -0.25) is 9.69 Å². The van der Waals surface area contributed by atoms with Crippen LogP contribution >= 0.6 is 0 Å². The zero-order valence-electron chi connectivity index (χ0n) is 10.9. The maximum Gasteiger partial charge on any atom is 0.237 e. The first-order valence-electron chi connectivity index (χ1n) is 6.07. The number of rotatable bonds is 5. The van der Waals surface area contributed by atoms with Gasteiger partial charge in [-0.15, -0.1) is 6.58 Å². The Bertz CT molecular complexity index is 269. The molecule has 1 amide bonds. The molecular weight excluding hydrogens is 216 g/mol. The van der Waals surface area contributed by atoms with Crippen molar-refractivity contribution in [1.29, 1.82) is 0 Å². The highest BCUT2D eigenvalue weighted by molar-refractivity contribution is 5.81. The molecule has 0 spiro atoms. The quantitative estimate of drug-likeness (QED) is 0.621. The average Bonchev–Trinajstić information content (AvgIpc) is 2.30. The lowest BCUT2D eigenvalue weighted by Gasteiger charge is -2.37. The molecule has 2 atom stereocenters. The molecule has 1 aliphatic heterocycles. The number of likely N-dealkylation sites (N-methyl/N-ethyl adjacent to an activating group) is 2. The van der Waals surface area contributed by atoms with Crippen LogP contribution in [0.15, 0.2) is 12.7 Å². The number of nitrogens with two attached hydrogens (primary N) is 1. The van der Waals surface area contributed by atoms with Gasteiger partial charge in [0, 0.05) is 32.2 Å². The second kappa shape index (κ2) is 6.74. The minimum Gasteiger partial charge on any atom is -0.353 e. The summed E-state index contributed by atoms with van der Waals surface area (Å²) < 4.78 is 0. The van der Waals surface area contributed by atoms with Gasteiger partial charge in [-0.25, -0.2) is 0 Å². The Morgan fingerprint density at radius 2 is 2.29 bits per heavy atom. The minimum atomic E-state index is -0.473. The summed E-state index contributed by atoms with van der Waals surface area (Å²) in [5.74, 6) is -0.0912. The monoisotopic (exact) mass is 240 g/mol. The van der Waals surface area contributed by atoms with Crippen molar-refractivity contribution >= 4 is 5.91 Å². The second-order valence-electron chi connectivity index (χ2n) is 4.77. The molecule has 0 saturated carbocycles. The fourth-order valence-electron chi connectivity index (χ4n) is 1.96. The summed E-state index contributed by atoms with van der Waals surface area (Å²) in [6.45, 7) is 7.33. The van der Waals surface area contributed by atoms with Crippen LogP contribution in [0, 0.1) is 0 Å². The van der Waals surface area contributed by atoms with Gasteiger partial charge in [0.25, 0.3) is 0 Å². The number of piperazine rings is 1. The summed E-state index contributed by atoms with van der Waals surface area (Å²) in [5, 5.41) is 2.91. The molecule has 5 heteroatoms. The molecule has 0 bridgehead atoms. The first kappa shape index (κ1) is 14.2. The zero-order chi connectivity index (χ0) is 12.8. The zero-order valence-corrected chi connectivity index (χ0v) is 10.9. The fourth-order valence-corrected chi connectivity index (χ4v) is 1.96. The summed E-state index contributed by atoms with van der Waals surface area (Å²) in [6.07, 6.45) is 2.19. The molecule has 1 heterocycles. The molecular formula is C12H24N4O. The molecule has 98 valence electrons. The summed E-state index contributed by atoms with van der Waals surface area (Å²) in [7, 11) is 4.19. The second-order valence-corrected chi connectivity index (χ2v) is 4.77. The topological polar surface area (TPSA) is 61.6 Å². The van der Waals surface area contributed by atoms with Crippen LogP contribution in [0.1, 0.15) is 6.42 Å². The molecule has 0 aliphatic carbocycles. The third-order valence-electron chi connectivity index (χ3n) is 3.25. The van der Waals surface area contributed by atoms with E-state index in [2.05, 4.69) is 35.8 Å². The summed E-state index contributed by atoms with van der Waals surface area (Å²) >= 11 is 0. The van der Waals surface area contributed by atoms with E-state index in [1.165, 1.54) is 0 Å². The van der Waals surface area contributed by atoms with E-state index in [4.69, 9.17) is 5.73 Å². The molecule has 1 saturated heterocycles. The SMILES string of the molecule is C=CCC(N)C(=O)NCC1CN(C)CCN1C. The molecule has 0 aromatic carbocycles. The van der Waals surface area contributed by atoms with E-state index in [1.54, 1.807) is 6.08 Å². The largest absolute Gasteiger partial charge is 0.353 e. The van der Waals surface area contributed by atoms with Gasteiger partial charge in [0.15, 0.2) is 0 Å². The van der Waals surface area contributed by atoms with Crippen LogP contribution in [0.5, 0.6) is 0 Å². The normalized spacial score (nSPS) is 24.3. The molecule has 0 aromatic heterocycles. The number of carbonyl (C=O) groups excluding carboxylic acids is 1. The number of nitrogens with zero attached hydrogens (tertiary/aromatic N) is 2. The van der Waals surface area contributed by atoms with Gasteiger partial charge < -0.3 is 16.0 Å². The summed E-state index contributed by atoms with van der Waals surface area (Å²) in [5.41, 5.74) is 5.70. The third kappa shape index (κ3) is 4.46. The third-order valence-corrected chi connectivity index (χ3v) is 3.25. The predicted octanol–water partition coefficient (Wildman–Crippen LogP) is -0.748. The molecule has 0 aromatic rings. The highest BCUT2D eigenvalue weighted by atomic mass is 16.2. The van der Waals surface area contributed by atoms with Gasteiger partial charge in [-0.05, 0) is 20.5 Å². The minimum absolute atomic E-state index is 0.0912. The maximum absolute atomic E-state index is 11.6. The predicted molar refractivity (Wildman–Crippen MR) is 69.7 cm³/mol. The Kier molecular flexibility index (Phi) is 5.61. The molecule has 1 aliphatic rings. The van der Waals surface area contributed by atoms with Crippen LogP contribution in [-0.4, -0.2) is 68.1 Å². The lowest BCUT2D eigenvalue weighted by molar-refractivity contribution is -0.122. The van der Waals surface area contributed by atoms with E-state index in [0.717, 1.165) is 19.6 Å². The fraction of sp³-hybridized carbons (Fsp3) is 0.750. The number of hydrogen-bond acceptors (Lipinski definition) is 4. The summed E-state index contributed by atoms with van der Waals surface area (Å²) in [4.78, 5) is 16.2. The molecule has 1 fully saturated rings. The van der Waals surface area contributed by atoms with Gasteiger partial charge in [-0.2, -0.15) is 0 Å². The van der Waals surface area contributed by atoms with E-state index in [1.807, 2.05) is 0 Å². The first-order chi connectivity index (χ1) is 8.04. The number of carbonyl (C=O) groups is 1. The van der Waals surface area contributed by atoms with E-state index in [9.17, 15) is 4.79 Å². The van der Waals surface area contributed by atoms with Gasteiger partial charge in [0.1, 0.15) is 0 Å². The van der Waals surface area contributed by atoms with Crippen LogP contribution in [0.4, 0.5) is 0 Å². The van der Waals surface area contributed by atoms with Crippen molar-refractivity contribution in [2.75, 3.05) is 40.3 Å². The van der Waals surface area contributed by atoms with Crippen LogP contribution in [0.25, 0.3) is 0 Å². The maximum atomic E-state index is 11.6. The Balaban J connectivity index is 2.33. The summed E-state index contributed by atoms with van der Waals surface area (Å²) in [6, 6.07) is -0.104. The lowest BCUT2D eigenvalue weighted by Crippen LogP contribution is -2.55. The van der Waals surface area contributed by atoms with Crippen molar-refractivity contribution in [3.63, 3.8) is 0 Å². The Morgan fingerprint density at radius 3 is 2.94 bits per heavy atom. The van der Waals surface area contributed by atoms with Crippen molar-refractivity contribution in [3.05, 3.63) is 12.7 Å². The van der Waals surface area contributed by atoms with Crippen molar-refractivity contribution in [3.8, 4) is 0 Å². The van der Waals surface area contributed by atoms with Crippen molar-refractivity contribution < 1.29 is 4.79 Å².